The molecular weight excluding hydrogens is 261 g/mol. The maximum Gasteiger partial charge on any atom is 0.418 e. The van der Waals surface area contributed by atoms with Crippen LogP contribution in [0.3, 0.4) is 0 Å². The maximum atomic E-state index is 12.6. The van der Waals surface area contributed by atoms with Gasteiger partial charge in [0.2, 0.25) is 0 Å². The fourth-order valence-electron chi connectivity index (χ4n) is 1.17. The van der Waals surface area contributed by atoms with Crippen molar-refractivity contribution >= 4 is 17.6 Å². The molecule has 3 nitrogen and oxygen atoms in total. The Morgan fingerprint density at radius 1 is 1.35 bits per heavy atom. The zero-order valence-corrected chi connectivity index (χ0v) is 9.13. The van der Waals surface area contributed by atoms with Crippen molar-refractivity contribution in [3.05, 3.63) is 34.9 Å². The third-order valence-corrected chi connectivity index (χ3v) is 2.10. The van der Waals surface area contributed by atoms with Gasteiger partial charge >= 0.3 is 12.1 Å². The molecule has 0 heterocycles. The number of benzene rings is 1. The minimum Gasteiger partial charge on any atom is -0.480 e. The Balaban J connectivity index is 2.90. The average molecular weight is 269 g/mol. The first-order chi connectivity index (χ1) is 7.80. The molecule has 1 rings (SSSR count). The van der Waals surface area contributed by atoms with E-state index in [1.807, 2.05) is 0 Å². The highest BCUT2D eigenvalue weighted by molar-refractivity contribution is 6.30. The van der Waals surface area contributed by atoms with Gasteiger partial charge in [-0.3, -0.25) is 0 Å². The molecule has 0 aliphatic heterocycles. The first-order valence-corrected chi connectivity index (χ1v) is 4.84. The van der Waals surface area contributed by atoms with Crippen LogP contribution in [0.2, 0.25) is 5.02 Å². The summed E-state index contributed by atoms with van der Waals surface area (Å²) < 4.78 is 42.1. The van der Waals surface area contributed by atoms with Crippen LogP contribution in [0, 0.1) is 0 Å². The highest BCUT2D eigenvalue weighted by atomic mass is 35.5. The second-order valence-electron chi connectivity index (χ2n) is 3.18. The minimum absolute atomic E-state index is 0.192. The van der Waals surface area contributed by atoms with Crippen molar-refractivity contribution in [3.8, 4) is 0 Å². The van der Waals surface area contributed by atoms with Gasteiger partial charge in [-0.05, 0) is 17.7 Å². The number of carboxylic acid groups (broad SMARTS) is 1. The summed E-state index contributed by atoms with van der Waals surface area (Å²) >= 11 is 5.54. The molecule has 0 aliphatic rings. The Morgan fingerprint density at radius 3 is 2.29 bits per heavy atom. The summed E-state index contributed by atoms with van der Waals surface area (Å²) in [6.45, 7) is -1.02. The van der Waals surface area contributed by atoms with Gasteiger partial charge in [-0.15, -0.1) is 0 Å². The molecule has 0 saturated carbocycles. The lowest BCUT2D eigenvalue weighted by Gasteiger charge is -2.20. The quantitative estimate of drug-likeness (QED) is 0.913. The molecule has 0 saturated heterocycles. The van der Waals surface area contributed by atoms with E-state index in [1.54, 1.807) is 0 Å². The number of hydrogen-bond acceptors (Lipinski definition) is 2. The zero-order chi connectivity index (χ0) is 13.1. The van der Waals surface area contributed by atoms with Crippen LogP contribution in [0.25, 0.3) is 0 Å². The average Bonchev–Trinajstić information content (AvgIpc) is 2.18. The monoisotopic (exact) mass is 268 g/mol. The maximum absolute atomic E-state index is 12.6. The van der Waals surface area contributed by atoms with E-state index in [1.165, 1.54) is 12.1 Å². The van der Waals surface area contributed by atoms with E-state index in [2.05, 4.69) is 4.74 Å². The molecule has 7 heteroatoms. The molecule has 1 unspecified atom stereocenters. The summed E-state index contributed by atoms with van der Waals surface area (Å²) in [7, 11) is 0. The number of carbonyl (C=O) groups is 1. The van der Waals surface area contributed by atoms with Crippen molar-refractivity contribution in [1.29, 1.82) is 0 Å². The Labute approximate surface area is 99.8 Å². The van der Waals surface area contributed by atoms with Crippen molar-refractivity contribution in [3.63, 3.8) is 0 Å². The van der Waals surface area contributed by atoms with Crippen LogP contribution in [0.4, 0.5) is 13.2 Å². The Hall–Kier alpha value is -1.27. The first kappa shape index (κ1) is 13.8. The van der Waals surface area contributed by atoms with Crippen molar-refractivity contribution in [2.75, 3.05) is 6.61 Å². The molecule has 0 spiro atoms. The molecule has 0 amide bonds. The van der Waals surface area contributed by atoms with Crippen LogP contribution in [0.1, 0.15) is 11.7 Å². The minimum atomic E-state index is -4.68. The fraction of sp³-hybridized carbons (Fsp3) is 0.300. The second kappa shape index (κ2) is 5.37. The van der Waals surface area contributed by atoms with Gasteiger partial charge in [0.25, 0.3) is 0 Å². The van der Waals surface area contributed by atoms with Crippen LogP contribution in [0.15, 0.2) is 24.3 Å². The zero-order valence-electron chi connectivity index (χ0n) is 8.37. The van der Waals surface area contributed by atoms with Crippen LogP contribution >= 0.6 is 11.6 Å². The van der Waals surface area contributed by atoms with Gasteiger partial charge in [-0.1, -0.05) is 23.7 Å². The molecule has 1 N–H and O–H groups in total. The lowest BCUT2D eigenvalue weighted by molar-refractivity contribution is -0.225. The van der Waals surface area contributed by atoms with E-state index in [0.29, 0.717) is 0 Å². The largest absolute Gasteiger partial charge is 0.480 e. The molecule has 1 aromatic rings. The van der Waals surface area contributed by atoms with Crippen LogP contribution in [-0.4, -0.2) is 23.9 Å². The van der Waals surface area contributed by atoms with E-state index in [-0.39, 0.29) is 10.6 Å². The van der Waals surface area contributed by atoms with E-state index >= 15 is 0 Å². The van der Waals surface area contributed by atoms with Gasteiger partial charge in [0.15, 0.2) is 6.10 Å². The van der Waals surface area contributed by atoms with Crippen molar-refractivity contribution in [2.24, 2.45) is 0 Å². The summed E-state index contributed by atoms with van der Waals surface area (Å²) in [6.07, 6.45) is -6.95. The van der Waals surface area contributed by atoms with E-state index in [4.69, 9.17) is 16.7 Å². The Bertz CT molecular complexity index is 389. The summed E-state index contributed by atoms with van der Waals surface area (Å²) in [5.41, 5.74) is -0.192. The van der Waals surface area contributed by atoms with Gasteiger partial charge in [-0.2, -0.15) is 13.2 Å². The number of carboxylic acids is 1. The smallest absolute Gasteiger partial charge is 0.418 e. The van der Waals surface area contributed by atoms with Gasteiger partial charge in [-0.25, -0.2) is 4.79 Å². The molecule has 0 fully saturated rings. The van der Waals surface area contributed by atoms with Crippen molar-refractivity contribution in [1.82, 2.24) is 0 Å². The molecule has 94 valence electrons. The number of halogens is 4. The summed E-state index contributed by atoms with van der Waals surface area (Å²) in [5, 5.41) is 8.59. The highest BCUT2D eigenvalue weighted by Gasteiger charge is 2.42. The lowest BCUT2D eigenvalue weighted by Crippen LogP contribution is -2.25. The molecule has 0 bridgehead atoms. The van der Waals surface area contributed by atoms with Crippen LogP contribution in [-0.2, 0) is 9.53 Å². The third-order valence-electron chi connectivity index (χ3n) is 1.84. The SMILES string of the molecule is O=C(O)COC(c1ccc(Cl)cc1)C(F)(F)F. The van der Waals surface area contributed by atoms with Gasteiger partial charge < -0.3 is 9.84 Å². The Morgan fingerprint density at radius 2 is 1.88 bits per heavy atom. The molecule has 0 aliphatic carbocycles. The van der Waals surface area contributed by atoms with Crippen molar-refractivity contribution < 1.29 is 27.8 Å². The number of hydrogen-bond donors (Lipinski definition) is 1. The predicted molar refractivity (Wildman–Crippen MR) is 53.8 cm³/mol. The first-order valence-electron chi connectivity index (χ1n) is 4.46. The Kier molecular flexibility index (Phi) is 4.36. The number of rotatable bonds is 4. The van der Waals surface area contributed by atoms with Crippen molar-refractivity contribution in [2.45, 2.75) is 12.3 Å². The lowest BCUT2D eigenvalue weighted by atomic mass is 10.1. The predicted octanol–water partition coefficient (Wildman–Crippen LogP) is 3.04. The topological polar surface area (TPSA) is 46.5 Å². The summed E-state index contributed by atoms with van der Waals surface area (Å²) in [4.78, 5) is 10.2. The second-order valence-corrected chi connectivity index (χ2v) is 3.61. The van der Waals surface area contributed by atoms with Gasteiger partial charge in [0, 0.05) is 5.02 Å². The van der Waals surface area contributed by atoms with E-state index in [0.717, 1.165) is 12.1 Å². The highest BCUT2D eigenvalue weighted by Crippen LogP contribution is 2.36. The normalized spacial score (nSPS) is 13.4. The number of ether oxygens (including phenoxy) is 1. The molecule has 1 aromatic carbocycles. The summed E-state index contributed by atoms with van der Waals surface area (Å²) in [5.74, 6) is -1.46. The third kappa shape index (κ3) is 4.24. The van der Waals surface area contributed by atoms with Gasteiger partial charge in [0.1, 0.15) is 6.61 Å². The molecular formula is C10H8ClF3O3. The van der Waals surface area contributed by atoms with Crippen LogP contribution < -0.4 is 0 Å². The van der Waals surface area contributed by atoms with Crippen LogP contribution in [0.5, 0.6) is 0 Å². The molecule has 1 atom stereocenters. The molecule has 17 heavy (non-hydrogen) atoms. The number of aliphatic carboxylic acids is 1. The fourth-order valence-corrected chi connectivity index (χ4v) is 1.30. The molecule has 0 aromatic heterocycles. The van der Waals surface area contributed by atoms with E-state index in [9.17, 15) is 18.0 Å². The standard InChI is InChI=1S/C10H8ClF3O3/c11-7-3-1-6(2-4-7)9(10(12,13)14)17-5-8(15)16/h1-4,9H,5H2,(H,15,16). The van der Waals surface area contributed by atoms with E-state index < -0.39 is 24.9 Å². The van der Waals surface area contributed by atoms with Gasteiger partial charge in [0.05, 0.1) is 0 Å². The number of alkyl halides is 3. The molecule has 0 radical (unpaired) electrons. The summed E-state index contributed by atoms with van der Waals surface area (Å²) in [6, 6.07) is 4.84.